The Morgan fingerprint density at radius 2 is 1.68 bits per heavy atom. The summed E-state index contributed by atoms with van der Waals surface area (Å²) < 4.78 is 38.0. The van der Waals surface area contributed by atoms with Gasteiger partial charge in [-0.3, -0.25) is 0 Å². The molecule has 0 aliphatic rings. The van der Waals surface area contributed by atoms with E-state index in [9.17, 15) is 18.0 Å². The number of hydrogen-bond acceptors (Lipinski definition) is 1. The van der Waals surface area contributed by atoms with Gasteiger partial charge in [0.05, 0.1) is 11.3 Å². The van der Waals surface area contributed by atoms with Crippen LogP contribution in [-0.2, 0) is 12.7 Å². The first kappa shape index (κ1) is 16.4. The lowest BCUT2D eigenvalue weighted by atomic mass is 10.1. The van der Waals surface area contributed by atoms with Crippen molar-refractivity contribution in [1.82, 2.24) is 5.32 Å². The molecule has 3 nitrogen and oxygen atoms in total. The van der Waals surface area contributed by atoms with E-state index in [0.29, 0.717) is 11.3 Å². The number of halogens is 4. The minimum Gasteiger partial charge on any atom is -0.334 e. The third kappa shape index (κ3) is 4.49. The molecule has 0 radical (unpaired) electrons. The summed E-state index contributed by atoms with van der Waals surface area (Å²) in [5.74, 6) is 0. The number of hydrogen-bond donors (Lipinski definition) is 2. The molecule has 0 bridgehead atoms. The second kappa shape index (κ2) is 6.83. The minimum atomic E-state index is -4.36. The van der Waals surface area contributed by atoms with Crippen molar-refractivity contribution >= 4 is 27.6 Å². The molecule has 2 aromatic rings. The van der Waals surface area contributed by atoms with E-state index in [1.807, 2.05) is 6.07 Å². The van der Waals surface area contributed by atoms with Crippen molar-refractivity contribution in [2.75, 3.05) is 5.32 Å². The Balaban J connectivity index is 1.90. The van der Waals surface area contributed by atoms with Crippen LogP contribution in [0.15, 0.2) is 53.0 Å². The molecule has 0 aliphatic heterocycles. The molecule has 22 heavy (non-hydrogen) atoms. The van der Waals surface area contributed by atoms with Gasteiger partial charge in [-0.05, 0) is 45.8 Å². The maximum Gasteiger partial charge on any atom is 0.416 e. The van der Waals surface area contributed by atoms with Crippen molar-refractivity contribution in [3.8, 4) is 0 Å². The van der Waals surface area contributed by atoms with Crippen LogP contribution in [0.5, 0.6) is 0 Å². The molecule has 2 amide bonds. The Bertz CT molecular complexity index is 657. The zero-order valence-electron chi connectivity index (χ0n) is 11.2. The van der Waals surface area contributed by atoms with Crippen molar-refractivity contribution in [3.05, 3.63) is 64.1 Å². The normalized spacial score (nSPS) is 11.1. The van der Waals surface area contributed by atoms with Gasteiger partial charge in [0, 0.05) is 11.0 Å². The highest BCUT2D eigenvalue weighted by molar-refractivity contribution is 9.10. The Labute approximate surface area is 133 Å². The van der Waals surface area contributed by atoms with E-state index in [1.54, 1.807) is 18.2 Å². The zero-order valence-corrected chi connectivity index (χ0v) is 12.8. The van der Waals surface area contributed by atoms with Gasteiger partial charge < -0.3 is 10.6 Å². The van der Waals surface area contributed by atoms with Crippen LogP contribution in [0.25, 0.3) is 0 Å². The van der Waals surface area contributed by atoms with E-state index >= 15 is 0 Å². The van der Waals surface area contributed by atoms with Gasteiger partial charge in [0.1, 0.15) is 0 Å². The summed E-state index contributed by atoms with van der Waals surface area (Å²) in [7, 11) is 0. The lowest BCUT2D eigenvalue weighted by Crippen LogP contribution is -2.28. The van der Waals surface area contributed by atoms with Gasteiger partial charge in [0.25, 0.3) is 0 Å². The lowest BCUT2D eigenvalue weighted by molar-refractivity contribution is -0.137. The molecule has 0 atom stereocenters. The van der Waals surface area contributed by atoms with Crippen molar-refractivity contribution in [3.63, 3.8) is 0 Å². The number of anilines is 1. The molecule has 0 saturated heterocycles. The quantitative estimate of drug-likeness (QED) is 0.798. The molecule has 0 unspecified atom stereocenters. The van der Waals surface area contributed by atoms with E-state index in [2.05, 4.69) is 26.6 Å². The van der Waals surface area contributed by atoms with Gasteiger partial charge >= 0.3 is 12.2 Å². The minimum absolute atomic E-state index is 0.133. The highest BCUT2D eigenvalue weighted by atomic mass is 79.9. The van der Waals surface area contributed by atoms with E-state index in [-0.39, 0.29) is 6.54 Å². The van der Waals surface area contributed by atoms with E-state index in [0.717, 1.165) is 16.6 Å². The van der Waals surface area contributed by atoms with Crippen molar-refractivity contribution < 1.29 is 18.0 Å². The molecule has 0 fully saturated rings. The predicted octanol–water partition coefficient (Wildman–Crippen LogP) is 4.79. The number of carbonyl (C=O) groups is 1. The third-order valence-electron chi connectivity index (χ3n) is 2.86. The van der Waals surface area contributed by atoms with Crippen LogP contribution < -0.4 is 10.6 Å². The lowest BCUT2D eigenvalue weighted by Gasteiger charge is -2.10. The van der Waals surface area contributed by atoms with E-state index in [4.69, 9.17) is 0 Å². The van der Waals surface area contributed by atoms with Crippen LogP contribution in [-0.4, -0.2) is 6.03 Å². The Morgan fingerprint density at radius 1 is 1.05 bits per heavy atom. The topological polar surface area (TPSA) is 41.1 Å². The van der Waals surface area contributed by atoms with Gasteiger partial charge in [-0.15, -0.1) is 0 Å². The summed E-state index contributed by atoms with van der Waals surface area (Å²) >= 11 is 3.30. The molecule has 0 heterocycles. The fourth-order valence-corrected chi connectivity index (χ4v) is 2.11. The van der Waals surface area contributed by atoms with Gasteiger partial charge in [0.15, 0.2) is 0 Å². The van der Waals surface area contributed by atoms with Crippen LogP contribution in [0.4, 0.5) is 23.7 Å². The molecule has 0 saturated carbocycles. The molecule has 7 heteroatoms. The molecular formula is C15H12BrF3N2O. The summed E-state index contributed by atoms with van der Waals surface area (Å²) in [4.78, 5) is 11.7. The smallest absolute Gasteiger partial charge is 0.334 e. The predicted molar refractivity (Wildman–Crippen MR) is 81.4 cm³/mol. The summed E-state index contributed by atoms with van der Waals surface area (Å²) in [5, 5.41) is 5.22. The fraction of sp³-hybridized carbons (Fsp3) is 0.133. The number of urea groups is 1. The molecule has 116 valence electrons. The monoisotopic (exact) mass is 372 g/mol. The number of amides is 2. The first-order chi connectivity index (χ1) is 10.4. The molecule has 0 aliphatic carbocycles. The zero-order chi connectivity index (χ0) is 16.2. The van der Waals surface area contributed by atoms with Crippen LogP contribution in [0.3, 0.4) is 0 Å². The van der Waals surface area contributed by atoms with Crippen molar-refractivity contribution in [2.45, 2.75) is 12.7 Å². The Kier molecular flexibility index (Phi) is 5.07. The van der Waals surface area contributed by atoms with Crippen molar-refractivity contribution in [2.24, 2.45) is 0 Å². The average molecular weight is 373 g/mol. The van der Waals surface area contributed by atoms with E-state index in [1.165, 1.54) is 12.1 Å². The molecular weight excluding hydrogens is 361 g/mol. The highest BCUT2D eigenvalue weighted by Gasteiger charge is 2.29. The molecule has 2 rings (SSSR count). The first-order valence-corrected chi connectivity index (χ1v) is 7.11. The number of nitrogens with one attached hydrogen (secondary N) is 2. The van der Waals surface area contributed by atoms with Gasteiger partial charge in [-0.25, -0.2) is 4.79 Å². The average Bonchev–Trinajstić information content (AvgIpc) is 2.47. The standard InChI is InChI=1S/C15H12BrF3N2O/c16-12-3-1-2-4-13(12)21-14(22)20-9-10-5-7-11(8-6-10)15(17,18)19/h1-8H,9H2,(H2,20,21,22). The summed E-state index contributed by atoms with van der Waals surface area (Å²) in [6.07, 6.45) is -4.36. The van der Waals surface area contributed by atoms with Crippen LogP contribution in [0.2, 0.25) is 0 Å². The SMILES string of the molecule is O=C(NCc1ccc(C(F)(F)F)cc1)Nc1ccccc1Br. The van der Waals surface area contributed by atoms with Gasteiger partial charge in [0.2, 0.25) is 0 Å². The first-order valence-electron chi connectivity index (χ1n) is 6.32. The van der Waals surface area contributed by atoms with Crippen molar-refractivity contribution in [1.29, 1.82) is 0 Å². The highest BCUT2D eigenvalue weighted by Crippen LogP contribution is 2.29. The van der Waals surface area contributed by atoms with Crippen LogP contribution in [0.1, 0.15) is 11.1 Å². The summed E-state index contributed by atoms with van der Waals surface area (Å²) in [6.45, 7) is 0.133. The number of carbonyl (C=O) groups excluding carboxylic acids is 1. The third-order valence-corrected chi connectivity index (χ3v) is 3.55. The maximum absolute atomic E-state index is 12.4. The van der Waals surface area contributed by atoms with Crippen LogP contribution >= 0.6 is 15.9 Å². The molecule has 2 N–H and O–H groups in total. The van der Waals surface area contributed by atoms with Crippen LogP contribution in [0, 0.1) is 0 Å². The Morgan fingerprint density at radius 3 is 2.27 bits per heavy atom. The van der Waals surface area contributed by atoms with E-state index < -0.39 is 17.8 Å². The number of para-hydroxylation sites is 1. The molecule has 2 aromatic carbocycles. The maximum atomic E-state index is 12.4. The van der Waals surface area contributed by atoms with Gasteiger partial charge in [-0.1, -0.05) is 24.3 Å². The number of rotatable bonds is 3. The fourth-order valence-electron chi connectivity index (χ4n) is 1.72. The summed E-state index contributed by atoms with van der Waals surface area (Å²) in [5.41, 5.74) is 0.469. The largest absolute Gasteiger partial charge is 0.416 e. The number of alkyl halides is 3. The Hall–Kier alpha value is -2.02. The molecule has 0 aromatic heterocycles. The second-order valence-electron chi connectivity index (χ2n) is 4.48. The van der Waals surface area contributed by atoms with Gasteiger partial charge in [-0.2, -0.15) is 13.2 Å². The second-order valence-corrected chi connectivity index (χ2v) is 5.34. The number of benzene rings is 2. The molecule has 0 spiro atoms. The summed E-state index contributed by atoms with van der Waals surface area (Å²) in [6, 6.07) is 11.3.